The second kappa shape index (κ2) is 5.90. The summed E-state index contributed by atoms with van der Waals surface area (Å²) in [6, 6.07) is 3.14. The Morgan fingerprint density at radius 3 is 2.90 bits per heavy atom. The molecule has 1 aliphatic heterocycles. The van der Waals surface area contributed by atoms with Gasteiger partial charge in [0.1, 0.15) is 4.21 Å². The molecule has 0 bridgehead atoms. The lowest BCUT2D eigenvalue weighted by molar-refractivity contribution is -0.138. The maximum absolute atomic E-state index is 12.2. The molecule has 0 aromatic carbocycles. The number of rotatable bonds is 4. The van der Waals surface area contributed by atoms with Crippen molar-refractivity contribution in [2.45, 2.75) is 4.21 Å². The number of likely N-dealkylation sites (N-methyl/N-ethyl adjacent to an activating group) is 1. The van der Waals surface area contributed by atoms with Gasteiger partial charge >= 0.3 is 0 Å². The molecule has 1 fully saturated rings. The Morgan fingerprint density at radius 1 is 1.55 bits per heavy atom. The van der Waals surface area contributed by atoms with Gasteiger partial charge in [-0.2, -0.15) is 4.31 Å². The molecule has 0 atom stereocenters. The van der Waals surface area contributed by atoms with Crippen LogP contribution < -0.4 is 5.32 Å². The number of carbonyl (C=O) groups is 2. The van der Waals surface area contributed by atoms with Gasteiger partial charge in [0, 0.05) is 20.1 Å². The van der Waals surface area contributed by atoms with E-state index in [1.807, 2.05) is 0 Å². The normalized spacial score (nSPS) is 16.3. The van der Waals surface area contributed by atoms with Crippen molar-refractivity contribution in [3.8, 4) is 0 Å². The monoisotopic (exact) mass is 317 g/mol. The second-order valence-corrected chi connectivity index (χ2v) is 7.58. The molecular formula is C11H15N3O4S2. The van der Waals surface area contributed by atoms with Crippen LogP contribution in [0.2, 0.25) is 0 Å². The summed E-state index contributed by atoms with van der Waals surface area (Å²) in [4.78, 5) is 24.6. The molecule has 7 nitrogen and oxygen atoms in total. The molecule has 110 valence electrons. The number of hydrogen-bond acceptors (Lipinski definition) is 5. The molecule has 1 aromatic heterocycles. The number of nitrogens with one attached hydrogen (secondary N) is 1. The first-order chi connectivity index (χ1) is 9.41. The van der Waals surface area contributed by atoms with Crippen molar-refractivity contribution >= 4 is 33.2 Å². The predicted octanol–water partition coefficient (Wildman–Crippen LogP) is -0.673. The number of nitrogens with zero attached hydrogens (tertiary/aromatic N) is 2. The molecule has 2 rings (SSSR count). The summed E-state index contributed by atoms with van der Waals surface area (Å²) in [5.41, 5.74) is 0. The molecule has 2 heterocycles. The minimum absolute atomic E-state index is 0.0221. The SMILES string of the molecule is CN(CC(=O)N1CCNC(=O)C1)S(=O)(=O)c1cccs1. The second-order valence-electron chi connectivity index (χ2n) is 4.36. The highest BCUT2D eigenvalue weighted by Crippen LogP contribution is 2.19. The van der Waals surface area contributed by atoms with E-state index in [1.54, 1.807) is 11.4 Å². The molecule has 0 radical (unpaired) electrons. The van der Waals surface area contributed by atoms with Gasteiger partial charge in [-0.05, 0) is 11.4 Å². The highest BCUT2D eigenvalue weighted by Gasteiger charge is 2.27. The topological polar surface area (TPSA) is 86.8 Å². The van der Waals surface area contributed by atoms with E-state index in [2.05, 4.69) is 5.32 Å². The zero-order valence-electron chi connectivity index (χ0n) is 10.9. The summed E-state index contributed by atoms with van der Waals surface area (Å²) >= 11 is 1.10. The van der Waals surface area contributed by atoms with E-state index in [0.29, 0.717) is 13.1 Å². The smallest absolute Gasteiger partial charge is 0.252 e. The van der Waals surface area contributed by atoms with E-state index in [4.69, 9.17) is 0 Å². The van der Waals surface area contributed by atoms with Crippen LogP contribution in [-0.2, 0) is 19.6 Å². The van der Waals surface area contributed by atoms with Gasteiger partial charge in [-0.15, -0.1) is 11.3 Å². The van der Waals surface area contributed by atoms with Crippen molar-refractivity contribution < 1.29 is 18.0 Å². The third-order valence-electron chi connectivity index (χ3n) is 2.91. The van der Waals surface area contributed by atoms with E-state index < -0.39 is 10.0 Å². The van der Waals surface area contributed by atoms with Gasteiger partial charge in [-0.1, -0.05) is 6.07 Å². The molecule has 2 amide bonds. The maximum atomic E-state index is 12.2. The Balaban J connectivity index is 2.02. The molecule has 1 aromatic rings. The van der Waals surface area contributed by atoms with Crippen LogP contribution in [0.25, 0.3) is 0 Å². The van der Waals surface area contributed by atoms with Crippen molar-refractivity contribution in [2.24, 2.45) is 0 Å². The van der Waals surface area contributed by atoms with Crippen molar-refractivity contribution in [2.75, 3.05) is 33.2 Å². The van der Waals surface area contributed by atoms with Crippen molar-refractivity contribution in [1.29, 1.82) is 0 Å². The van der Waals surface area contributed by atoms with E-state index in [9.17, 15) is 18.0 Å². The summed E-state index contributed by atoms with van der Waals surface area (Å²) in [5, 5.41) is 4.27. The standard InChI is InChI=1S/C11H15N3O4S2/c1-13(20(17,18)11-3-2-6-19-11)8-10(16)14-5-4-12-9(15)7-14/h2-3,6H,4-5,7-8H2,1H3,(H,12,15). The minimum Gasteiger partial charge on any atom is -0.353 e. The van der Waals surface area contributed by atoms with Crippen molar-refractivity contribution in [3.05, 3.63) is 17.5 Å². The van der Waals surface area contributed by atoms with Crippen molar-refractivity contribution in [1.82, 2.24) is 14.5 Å². The zero-order valence-corrected chi connectivity index (χ0v) is 12.5. The number of hydrogen-bond donors (Lipinski definition) is 1. The fraction of sp³-hybridized carbons (Fsp3) is 0.455. The molecule has 0 unspecified atom stereocenters. The van der Waals surface area contributed by atoms with Gasteiger partial charge in [0.2, 0.25) is 11.8 Å². The van der Waals surface area contributed by atoms with E-state index in [-0.39, 0.29) is 29.1 Å². The van der Waals surface area contributed by atoms with Crippen LogP contribution in [0.1, 0.15) is 0 Å². The Hall–Kier alpha value is -1.45. The molecule has 9 heteroatoms. The lowest BCUT2D eigenvalue weighted by Crippen LogP contribution is -2.52. The van der Waals surface area contributed by atoms with Gasteiger partial charge in [0.05, 0.1) is 13.1 Å². The Kier molecular flexibility index (Phi) is 4.41. The van der Waals surface area contributed by atoms with Gasteiger partial charge < -0.3 is 10.2 Å². The average Bonchev–Trinajstić information content (AvgIpc) is 2.93. The van der Waals surface area contributed by atoms with Crippen molar-refractivity contribution in [3.63, 3.8) is 0 Å². The van der Waals surface area contributed by atoms with Crippen LogP contribution in [0.3, 0.4) is 0 Å². The third-order valence-corrected chi connectivity index (χ3v) is 6.09. The Bertz CT molecular complexity index is 597. The molecular weight excluding hydrogens is 302 g/mol. The lowest BCUT2D eigenvalue weighted by Gasteiger charge is -2.28. The maximum Gasteiger partial charge on any atom is 0.252 e. The van der Waals surface area contributed by atoms with Gasteiger partial charge in [0.25, 0.3) is 10.0 Å². The third kappa shape index (κ3) is 3.17. The van der Waals surface area contributed by atoms with Crippen LogP contribution in [0.15, 0.2) is 21.7 Å². The van der Waals surface area contributed by atoms with Crippen LogP contribution in [0.5, 0.6) is 0 Å². The Labute approximate surface area is 121 Å². The van der Waals surface area contributed by atoms with Crippen LogP contribution in [0.4, 0.5) is 0 Å². The quantitative estimate of drug-likeness (QED) is 0.798. The van der Waals surface area contributed by atoms with Gasteiger partial charge in [0.15, 0.2) is 0 Å². The van der Waals surface area contributed by atoms with E-state index in [0.717, 1.165) is 15.6 Å². The number of thiophene rings is 1. The number of carbonyl (C=O) groups excluding carboxylic acids is 2. The predicted molar refractivity (Wildman–Crippen MR) is 73.7 cm³/mol. The minimum atomic E-state index is -3.64. The van der Waals surface area contributed by atoms with Crippen LogP contribution in [0, 0.1) is 0 Å². The number of piperazine rings is 1. The highest BCUT2D eigenvalue weighted by atomic mass is 32.2. The lowest BCUT2D eigenvalue weighted by atomic mass is 10.3. The summed E-state index contributed by atoms with van der Waals surface area (Å²) in [7, 11) is -2.28. The fourth-order valence-corrected chi connectivity index (χ4v) is 4.11. The first kappa shape index (κ1) is 14.9. The average molecular weight is 317 g/mol. The Morgan fingerprint density at radius 2 is 2.30 bits per heavy atom. The molecule has 0 spiro atoms. The first-order valence-corrected chi connectivity index (χ1v) is 8.27. The number of sulfonamides is 1. The van der Waals surface area contributed by atoms with Gasteiger partial charge in [-0.25, -0.2) is 8.42 Å². The van der Waals surface area contributed by atoms with E-state index in [1.165, 1.54) is 18.0 Å². The summed E-state index contributed by atoms with van der Waals surface area (Å²) < 4.78 is 25.5. The summed E-state index contributed by atoms with van der Waals surface area (Å²) in [5.74, 6) is -0.601. The highest BCUT2D eigenvalue weighted by molar-refractivity contribution is 7.91. The first-order valence-electron chi connectivity index (χ1n) is 5.95. The zero-order chi connectivity index (χ0) is 14.8. The van der Waals surface area contributed by atoms with Gasteiger partial charge in [-0.3, -0.25) is 9.59 Å². The van der Waals surface area contributed by atoms with Crippen LogP contribution in [-0.4, -0.2) is 62.7 Å². The fourth-order valence-electron chi connectivity index (χ4n) is 1.79. The van der Waals surface area contributed by atoms with E-state index >= 15 is 0 Å². The largest absolute Gasteiger partial charge is 0.353 e. The molecule has 1 N–H and O–H groups in total. The van der Waals surface area contributed by atoms with Crippen LogP contribution >= 0.6 is 11.3 Å². The molecule has 0 saturated carbocycles. The molecule has 1 saturated heterocycles. The molecule has 1 aliphatic rings. The molecule has 0 aliphatic carbocycles. The summed E-state index contributed by atoms with van der Waals surface area (Å²) in [6.45, 7) is 0.503. The summed E-state index contributed by atoms with van der Waals surface area (Å²) in [6.07, 6.45) is 0. The number of amides is 2. The molecule has 20 heavy (non-hydrogen) atoms.